The summed E-state index contributed by atoms with van der Waals surface area (Å²) in [5.74, 6) is -0.404. The summed E-state index contributed by atoms with van der Waals surface area (Å²) in [6, 6.07) is 8.97. The topological polar surface area (TPSA) is 54.8 Å². The van der Waals surface area contributed by atoms with Crippen LogP contribution in [0.3, 0.4) is 0 Å². The average Bonchev–Trinajstić information content (AvgIpc) is 3.04. The van der Waals surface area contributed by atoms with E-state index in [1.807, 2.05) is 0 Å². The quantitative estimate of drug-likeness (QED) is 0.454. The van der Waals surface area contributed by atoms with Gasteiger partial charge in [0.2, 0.25) is 5.95 Å². The zero-order valence-electron chi connectivity index (χ0n) is 14.0. The Bertz CT molecular complexity index is 1010. The molecule has 0 unspecified atom stereocenters. The number of rotatable bonds is 4. The van der Waals surface area contributed by atoms with E-state index in [2.05, 4.69) is 20.7 Å². The average molecular weight is 430 g/mol. The van der Waals surface area contributed by atoms with E-state index in [-0.39, 0.29) is 22.6 Å². The van der Waals surface area contributed by atoms with Gasteiger partial charge in [-0.3, -0.25) is 5.32 Å². The number of halogens is 5. The van der Waals surface area contributed by atoms with Crippen molar-refractivity contribution in [1.82, 2.24) is 14.8 Å². The highest BCUT2D eigenvalue weighted by Crippen LogP contribution is 2.29. The Morgan fingerprint density at radius 3 is 2.64 bits per heavy atom. The minimum absolute atomic E-state index is 0.0590. The molecule has 3 rings (SSSR count). The van der Waals surface area contributed by atoms with Gasteiger partial charge in [-0.2, -0.15) is 13.2 Å². The fourth-order valence-corrected chi connectivity index (χ4v) is 2.69. The largest absolute Gasteiger partial charge is 0.416 e. The normalized spacial score (nSPS) is 11.3. The van der Waals surface area contributed by atoms with Gasteiger partial charge >= 0.3 is 6.18 Å². The van der Waals surface area contributed by atoms with E-state index in [9.17, 15) is 17.6 Å². The molecule has 0 atom stereocenters. The van der Waals surface area contributed by atoms with Crippen molar-refractivity contribution >= 4 is 40.6 Å². The van der Waals surface area contributed by atoms with Gasteiger partial charge in [0.05, 0.1) is 17.1 Å². The van der Waals surface area contributed by atoms with Crippen molar-refractivity contribution in [2.75, 3.05) is 10.6 Å². The predicted molar refractivity (Wildman–Crippen MR) is 102 cm³/mol. The van der Waals surface area contributed by atoms with Gasteiger partial charge < -0.3 is 5.32 Å². The van der Waals surface area contributed by atoms with Gasteiger partial charge in [-0.1, -0.05) is 23.7 Å². The van der Waals surface area contributed by atoms with E-state index in [1.54, 1.807) is 6.07 Å². The molecule has 2 aromatic carbocycles. The number of anilines is 2. The number of thiocarbonyl (C=S) groups is 1. The molecule has 3 aromatic rings. The third kappa shape index (κ3) is 5.17. The highest BCUT2D eigenvalue weighted by Gasteiger charge is 2.30. The first-order chi connectivity index (χ1) is 13.2. The Balaban J connectivity index is 1.62. The lowest BCUT2D eigenvalue weighted by molar-refractivity contribution is -0.137. The maximum absolute atomic E-state index is 13.2. The molecule has 0 aliphatic heterocycles. The molecule has 146 valence electrons. The van der Waals surface area contributed by atoms with Crippen LogP contribution in [0.2, 0.25) is 5.02 Å². The first kappa shape index (κ1) is 20.0. The van der Waals surface area contributed by atoms with Gasteiger partial charge in [0.15, 0.2) is 5.11 Å². The summed E-state index contributed by atoms with van der Waals surface area (Å²) in [6.45, 7) is 0.104. The van der Waals surface area contributed by atoms with Crippen LogP contribution in [0.5, 0.6) is 0 Å². The lowest BCUT2D eigenvalue weighted by atomic mass is 10.1. The third-order valence-corrected chi connectivity index (χ3v) is 4.03. The van der Waals surface area contributed by atoms with Crippen molar-refractivity contribution in [2.45, 2.75) is 12.7 Å². The monoisotopic (exact) mass is 429 g/mol. The Labute approximate surface area is 167 Å². The molecule has 5 nitrogen and oxygen atoms in total. The first-order valence-corrected chi connectivity index (χ1v) is 8.58. The fourth-order valence-electron chi connectivity index (χ4n) is 2.30. The Hall–Kier alpha value is -2.72. The number of aromatic nitrogens is 3. The Morgan fingerprint density at radius 2 is 1.93 bits per heavy atom. The SMILES string of the molecule is Fc1ccc(NC(=S)Nc2ncn(Cc3cccc(C(F)(F)F)c3)n2)cc1Cl. The van der Waals surface area contributed by atoms with Gasteiger partial charge in [-0.25, -0.2) is 14.1 Å². The van der Waals surface area contributed by atoms with Crippen LogP contribution in [-0.2, 0) is 12.7 Å². The van der Waals surface area contributed by atoms with E-state index in [0.717, 1.165) is 12.1 Å². The maximum atomic E-state index is 13.2. The molecule has 1 aromatic heterocycles. The standard InChI is InChI=1S/C17H12ClF4N5S/c18-13-7-12(4-5-14(13)19)24-16(28)25-15-23-9-27(26-15)8-10-2-1-3-11(6-10)17(20,21)22/h1-7,9H,8H2,(H2,24,25,26,28). The van der Waals surface area contributed by atoms with Crippen LogP contribution in [0.1, 0.15) is 11.1 Å². The number of nitrogens with zero attached hydrogens (tertiary/aromatic N) is 3. The molecule has 0 aliphatic carbocycles. The van der Waals surface area contributed by atoms with Gasteiger partial charge in [-0.05, 0) is 48.1 Å². The summed E-state index contributed by atoms with van der Waals surface area (Å²) < 4.78 is 52.9. The first-order valence-electron chi connectivity index (χ1n) is 7.79. The summed E-state index contributed by atoms with van der Waals surface area (Å²) in [5.41, 5.74) is 0.159. The molecule has 0 amide bonds. The van der Waals surface area contributed by atoms with Crippen molar-refractivity contribution < 1.29 is 17.6 Å². The molecular weight excluding hydrogens is 418 g/mol. The molecule has 11 heteroatoms. The van der Waals surface area contributed by atoms with Crippen molar-refractivity contribution in [3.05, 3.63) is 70.8 Å². The molecule has 1 heterocycles. The predicted octanol–water partition coefficient (Wildman–Crippen LogP) is 4.95. The molecule has 28 heavy (non-hydrogen) atoms. The van der Waals surface area contributed by atoms with Crippen LogP contribution in [0.15, 0.2) is 48.8 Å². The van der Waals surface area contributed by atoms with Gasteiger partial charge in [0, 0.05) is 5.69 Å². The number of alkyl halides is 3. The second-order valence-corrected chi connectivity index (χ2v) is 6.49. The van der Waals surface area contributed by atoms with Crippen LogP contribution in [0.4, 0.5) is 29.2 Å². The van der Waals surface area contributed by atoms with Gasteiger partial charge in [0.1, 0.15) is 12.1 Å². The van der Waals surface area contributed by atoms with Crippen molar-refractivity contribution in [3.8, 4) is 0 Å². The summed E-state index contributed by atoms with van der Waals surface area (Å²) in [6.07, 6.45) is -3.05. The van der Waals surface area contributed by atoms with Crippen molar-refractivity contribution in [3.63, 3.8) is 0 Å². The van der Waals surface area contributed by atoms with Crippen LogP contribution in [-0.4, -0.2) is 19.9 Å². The number of benzene rings is 2. The van der Waals surface area contributed by atoms with Crippen LogP contribution in [0, 0.1) is 5.82 Å². The third-order valence-electron chi connectivity index (χ3n) is 3.54. The van der Waals surface area contributed by atoms with Crippen molar-refractivity contribution in [2.24, 2.45) is 0 Å². The van der Waals surface area contributed by atoms with Crippen molar-refractivity contribution in [1.29, 1.82) is 0 Å². The summed E-state index contributed by atoms with van der Waals surface area (Å²) in [7, 11) is 0. The molecule has 0 saturated carbocycles. The Morgan fingerprint density at radius 1 is 1.14 bits per heavy atom. The Kier molecular flexibility index (Phi) is 5.80. The van der Waals surface area contributed by atoms with E-state index in [0.29, 0.717) is 11.3 Å². The zero-order valence-corrected chi connectivity index (χ0v) is 15.5. The van der Waals surface area contributed by atoms with Crippen LogP contribution in [0.25, 0.3) is 0 Å². The minimum atomic E-state index is -4.41. The molecule has 0 radical (unpaired) electrons. The second-order valence-electron chi connectivity index (χ2n) is 5.67. The number of hydrogen-bond acceptors (Lipinski definition) is 3. The van der Waals surface area contributed by atoms with E-state index in [4.69, 9.17) is 23.8 Å². The molecule has 0 bridgehead atoms. The summed E-state index contributed by atoms with van der Waals surface area (Å²) >= 11 is 10.8. The summed E-state index contributed by atoms with van der Waals surface area (Å²) in [5, 5.41) is 9.71. The number of nitrogens with one attached hydrogen (secondary N) is 2. The smallest absolute Gasteiger partial charge is 0.332 e. The highest BCUT2D eigenvalue weighted by molar-refractivity contribution is 7.80. The van der Waals surface area contributed by atoms with E-state index >= 15 is 0 Å². The van der Waals surface area contributed by atoms with E-state index in [1.165, 1.54) is 35.3 Å². The fraction of sp³-hybridized carbons (Fsp3) is 0.118. The molecule has 0 spiro atoms. The zero-order chi connectivity index (χ0) is 20.3. The highest BCUT2D eigenvalue weighted by atomic mass is 35.5. The van der Waals surface area contributed by atoms with E-state index < -0.39 is 17.6 Å². The van der Waals surface area contributed by atoms with Crippen LogP contribution < -0.4 is 10.6 Å². The molecular formula is C17H12ClF4N5S. The van der Waals surface area contributed by atoms with Gasteiger partial charge in [0.25, 0.3) is 0 Å². The molecule has 0 saturated heterocycles. The molecule has 0 fully saturated rings. The lowest BCUT2D eigenvalue weighted by Gasteiger charge is -2.09. The lowest BCUT2D eigenvalue weighted by Crippen LogP contribution is -2.20. The number of hydrogen-bond donors (Lipinski definition) is 2. The van der Waals surface area contributed by atoms with Gasteiger partial charge in [-0.15, -0.1) is 5.10 Å². The molecule has 2 N–H and O–H groups in total. The maximum Gasteiger partial charge on any atom is 0.416 e. The molecule has 0 aliphatic rings. The van der Waals surface area contributed by atoms with Crippen LogP contribution >= 0.6 is 23.8 Å². The minimum Gasteiger partial charge on any atom is -0.332 e. The second kappa shape index (κ2) is 8.11. The summed E-state index contributed by atoms with van der Waals surface area (Å²) in [4.78, 5) is 4.00.